The highest BCUT2D eigenvalue weighted by molar-refractivity contribution is 6.31. The summed E-state index contributed by atoms with van der Waals surface area (Å²) < 4.78 is 1.84. The van der Waals surface area contributed by atoms with E-state index in [2.05, 4.69) is 44.3 Å². The van der Waals surface area contributed by atoms with E-state index in [0.29, 0.717) is 10.8 Å². The first-order chi connectivity index (χ1) is 15.0. The number of hydrogen-bond donors (Lipinski definition) is 0. The molecule has 8 heteroatoms. The van der Waals surface area contributed by atoms with E-state index in [9.17, 15) is 0 Å². The van der Waals surface area contributed by atoms with Gasteiger partial charge in [-0.3, -0.25) is 4.40 Å². The van der Waals surface area contributed by atoms with Crippen LogP contribution < -0.4 is 9.80 Å². The Morgan fingerprint density at radius 3 is 2.58 bits per heavy atom. The third kappa shape index (κ3) is 3.43. The second-order valence-corrected chi connectivity index (χ2v) is 7.94. The minimum atomic E-state index is 0.524. The molecule has 0 amide bonds. The van der Waals surface area contributed by atoms with Crippen molar-refractivity contribution >= 4 is 45.6 Å². The first-order valence-electron chi connectivity index (χ1n) is 9.78. The van der Waals surface area contributed by atoms with E-state index in [0.717, 1.165) is 39.4 Å². The van der Waals surface area contributed by atoms with Crippen molar-refractivity contribution in [2.45, 2.75) is 0 Å². The number of fused-ring (bicyclic) bond motifs is 3. The van der Waals surface area contributed by atoms with Crippen LogP contribution in [0.25, 0.3) is 27.8 Å². The molecule has 3 heterocycles. The summed E-state index contributed by atoms with van der Waals surface area (Å²) in [5, 5.41) is 9.76. The highest BCUT2D eigenvalue weighted by Gasteiger charge is 2.15. The Hall–Kier alpha value is -3.71. The van der Waals surface area contributed by atoms with E-state index in [4.69, 9.17) is 16.6 Å². The van der Waals surface area contributed by atoms with Crippen LogP contribution >= 0.6 is 11.6 Å². The number of rotatable bonds is 4. The highest BCUT2D eigenvalue weighted by atomic mass is 35.5. The maximum Gasteiger partial charge on any atom is 0.257 e. The normalized spacial score (nSPS) is 11.2. The van der Waals surface area contributed by atoms with Gasteiger partial charge in [0.2, 0.25) is 0 Å². The van der Waals surface area contributed by atoms with Gasteiger partial charge in [-0.1, -0.05) is 23.7 Å². The van der Waals surface area contributed by atoms with Crippen LogP contribution in [0.4, 0.5) is 17.3 Å². The molecule has 0 aliphatic rings. The van der Waals surface area contributed by atoms with Crippen LogP contribution in [0.3, 0.4) is 0 Å². The fourth-order valence-corrected chi connectivity index (χ4v) is 3.78. The molecule has 0 radical (unpaired) electrons. The molecule has 0 aliphatic heterocycles. The van der Waals surface area contributed by atoms with Crippen molar-refractivity contribution in [1.82, 2.24) is 24.6 Å². The van der Waals surface area contributed by atoms with Gasteiger partial charge in [-0.15, -0.1) is 10.2 Å². The molecule has 0 aliphatic carbocycles. The number of nitrogens with zero attached hydrogens (tertiary/aromatic N) is 7. The average molecular weight is 430 g/mol. The van der Waals surface area contributed by atoms with Crippen molar-refractivity contribution in [2.75, 3.05) is 30.9 Å². The van der Waals surface area contributed by atoms with Crippen LogP contribution in [0.2, 0.25) is 5.02 Å². The molecule has 3 aromatic heterocycles. The fourth-order valence-electron chi connectivity index (χ4n) is 3.62. The number of aromatic nitrogens is 5. The molecule has 154 valence electrons. The lowest BCUT2D eigenvalue weighted by atomic mass is 10.1. The van der Waals surface area contributed by atoms with Gasteiger partial charge in [0.25, 0.3) is 5.78 Å². The average Bonchev–Trinajstić information content (AvgIpc) is 3.27. The van der Waals surface area contributed by atoms with Gasteiger partial charge in [0, 0.05) is 49.0 Å². The number of benzene rings is 2. The lowest BCUT2D eigenvalue weighted by Gasteiger charge is -2.21. The van der Waals surface area contributed by atoms with E-state index in [-0.39, 0.29) is 0 Å². The van der Waals surface area contributed by atoms with E-state index >= 15 is 0 Å². The number of anilines is 3. The summed E-state index contributed by atoms with van der Waals surface area (Å²) in [5.41, 5.74) is 4.04. The largest absolute Gasteiger partial charge is 0.363 e. The quantitative estimate of drug-likeness (QED) is 0.408. The molecular formula is C23H20ClN7. The van der Waals surface area contributed by atoms with Crippen molar-refractivity contribution in [2.24, 2.45) is 0 Å². The number of hydrogen-bond acceptors (Lipinski definition) is 6. The molecule has 0 spiro atoms. The van der Waals surface area contributed by atoms with Crippen molar-refractivity contribution < 1.29 is 0 Å². The fraction of sp³-hybridized carbons (Fsp3) is 0.130. The summed E-state index contributed by atoms with van der Waals surface area (Å²) in [7, 11) is 5.96. The van der Waals surface area contributed by atoms with Crippen LogP contribution in [-0.2, 0) is 0 Å². The summed E-state index contributed by atoms with van der Waals surface area (Å²) in [4.78, 5) is 13.3. The Morgan fingerprint density at radius 1 is 0.935 bits per heavy atom. The zero-order chi connectivity index (χ0) is 21.5. The molecule has 31 heavy (non-hydrogen) atoms. The minimum Gasteiger partial charge on any atom is -0.363 e. The van der Waals surface area contributed by atoms with Gasteiger partial charge in [0.1, 0.15) is 18.0 Å². The Bertz CT molecular complexity index is 1390. The van der Waals surface area contributed by atoms with E-state index < -0.39 is 0 Å². The Balaban J connectivity index is 1.60. The molecule has 0 N–H and O–H groups in total. The third-order valence-electron chi connectivity index (χ3n) is 5.29. The molecule has 7 nitrogen and oxygen atoms in total. The van der Waals surface area contributed by atoms with E-state index in [1.54, 1.807) is 6.33 Å². The summed E-state index contributed by atoms with van der Waals surface area (Å²) in [6.07, 6.45) is 3.54. The second kappa shape index (κ2) is 7.52. The maximum atomic E-state index is 6.26. The van der Waals surface area contributed by atoms with Crippen LogP contribution in [0.5, 0.6) is 0 Å². The van der Waals surface area contributed by atoms with Crippen molar-refractivity contribution in [3.8, 4) is 11.1 Å². The van der Waals surface area contributed by atoms with Crippen molar-refractivity contribution in [3.63, 3.8) is 0 Å². The Labute approximate surface area is 184 Å². The summed E-state index contributed by atoms with van der Waals surface area (Å²) >= 11 is 6.26. The van der Waals surface area contributed by atoms with Crippen LogP contribution in [0, 0.1) is 0 Å². The predicted octanol–water partition coefficient (Wildman–Crippen LogP) is 4.83. The summed E-state index contributed by atoms with van der Waals surface area (Å²) in [6, 6.07) is 18.2. The van der Waals surface area contributed by atoms with Crippen molar-refractivity contribution in [1.29, 1.82) is 0 Å². The molecule has 0 unspecified atom stereocenters. The Morgan fingerprint density at radius 2 is 1.81 bits per heavy atom. The van der Waals surface area contributed by atoms with Crippen LogP contribution in [-0.4, -0.2) is 45.7 Å². The number of pyridine rings is 1. The maximum absolute atomic E-state index is 6.26. The first kappa shape index (κ1) is 19.3. The number of halogens is 1. The predicted molar refractivity (Wildman–Crippen MR) is 125 cm³/mol. The van der Waals surface area contributed by atoms with Gasteiger partial charge in [0.15, 0.2) is 0 Å². The smallest absolute Gasteiger partial charge is 0.257 e. The summed E-state index contributed by atoms with van der Waals surface area (Å²) in [5.74, 6) is 2.23. The third-order valence-corrected chi connectivity index (χ3v) is 5.52. The van der Waals surface area contributed by atoms with Crippen molar-refractivity contribution in [3.05, 3.63) is 72.1 Å². The monoisotopic (exact) mass is 429 g/mol. The minimum absolute atomic E-state index is 0.524. The van der Waals surface area contributed by atoms with Gasteiger partial charge in [-0.2, -0.15) is 4.98 Å². The molecule has 5 rings (SSSR count). The van der Waals surface area contributed by atoms with E-state index in [1.807, 2.05) is 67.0 Å². The van der Waals surface area contributed by atoms with Gasteiger partial charge >= 0.3 is 0 Å². The molecule has 2 aromatic carbocycles. The Kier molecular flexibility index (Phi) is 4.67. The van der Waals surface area contributed by atoms with Crippen LogP contribution in [0.1, 0.15) is 0 Å². The van der Waals surface area contributed by atoms with E-state index in [1.165, 1.54) is 0 Å². The standard InChI is InChI=1S/C23H20ClN7/c1-29(2)21-10-7-16(13-25-21)15-5-4-6-18(11-15)30(3)22-19-9-8-17(24)12-20(19)31-14-26-28-23(31)27-22/h4-14H,1-3H3. The lowest BCUT2D eigenvalue weighted by molar-refractivity contribution is 1.07. The zero-order valence-electron chi connectivity index (χ0n) is 17.4. The van der Waals surface area contributed by atoms with Gasteiger partial charge in [0.05, 0.1) is 5.52 Å². The second-order valence-electron chi connectivity index (χ2n) is 7.51. The summed E-state index contributed by atoms with van der Waals surface area (Å²) in [6.45, 7) is 0. The zero-order valence-corrected chi connectivity index (χ0v) is 18.1. The molecule has 0 fully saturated rings. The van der Waals surface area contributed by atoms with Crippen LogP contribution in [0.15, 0.2) is 67.1 Å². The molecular weight excluding hydrogens is 410 g/mol. The SMILES string of the molecule is CN(C)c1ccc(-c2cccc(N(C)c3nc4nncn4c4cc(Cl)ccc34)c2)cn1. The van der Waals surface area contributed by atoms with Gasteiger partial charge in [-0.05, 0) is 48.0 Å². The first-order valence-corrected chi connectivity index (χ1v) is 10.2. The van der Waals surface area contributed by atoms with Gasteiger partial charge < -0.3 is 9.80 Å². The molecule has 5 aromatic rings. The molecule has 0 saturated heterocycles. The molecule has 0 saturated carbocycles. The lowest BCUT2D eigenvalue weighted by Crippen LogP contribution is -2.13. The highest BCUT2D eigenvalue weighted by Crippen LogP contribution is 2.33. The molecule has 0 bridgehead atoms. The van der Waals surface area contributed by atoms with Gasteiger partial charge in [-0.25, -0.2) is 4.98 Å². The topological polar surface area (TPSA) is 62.5 Å². The molecule has 0 atom stereocenters.